The standard InChI is InChI=1S/C22H21FN4O3/c23-17-14-16(11-12-18(17)27-13-5-10-21(27)29)24-19(28)8-4-9-20-25-26-22(30-20)15-6-2-1-3-7-15/h1-3,6-7,11-12,14H,4-5,8-10,13H2,(H,24,28). The predicted molar refractivity (Wildman–Crippen MR) is 109 cm³/mol. The van der Waals surface area contributed by atoms with Crippen molar-refractivity contribution < 1.29 is 18.4 Å². The Morgan fingerprint density at radius 3 is 2.73 bits per heavy atom. The average molecular weight is 408 g/mol. The molecule has 0 unspecified atom stereocenters. The van der Waals surface area contributed by atoms with Crippen LogP contribution < -0.4 is 10.2 Å². The molecule has 1 aromatic heterocycles. The zero-order valence-corrected chi connectivity index (χ0v) is 16.3. The molecular formula is C22H21FN4O3. The van der Waals surface area contributed by atoms with Gasteiger partial charge in [0.2, 0.25) is 23.6 Å². The van der Waals surface area contributed by atoms with Gasteiger partial charge >= 0.3 is 0 Å². The third-order valence-corrected chi connectivity index (χ3v) is 4.88. The minimum atomic E-state index is -0.526. The van der Waals surface area contributed by atoms with Crippen LogP contribution in [0.15, 0.2) is 52.9 Å². The summed E-state index contributed by atoms with van der Waals surface area (Å²) < 4.78 is 20.0. The molecule has 4 rings (SSSR count). The first kappa shape index (κ1) is 19.8. The van der Waals surface area contributed by atoms with Gasteiger partial charge in [0.25, 0.3) is 0 Å². The van der Waals surface area contributed by atoms with Crippen molar-refractivity contribution in [1.82, 2.24) is 10.2 Å². The van der Waals surface area contributed by atoms with E-state index in [2.05, 4.69) is 15.5 Å². The molecule has 0 atom stereocenters. The van der Waals surface area contributed by atoms with Crippen LogP contribution in [0.5, 0.6) is 0 Å². The summed E-state index contributed by atoms with van der Waals surface area (Å²) in [5.41, 5.74) is 1.45. The van der Waals surface area contributed by atoms with Gasteiger partial charge in [0.15, 0.2) is 0 Å². The van der Waals surface area contributed by atoms with Crippen molar-refractivity contribution in [2.45, 2.75) is 32.1 Å². The van der Waals surface area contributed by atoms with Crippen LogP contribution in [-0.2, 0) is 16.0 Å². The number of aryl methyl sites for hydroxylation is 1. The Morgan fingerprint density at radius 2 is 2.00 bits per heavy atom. The van der Waals surface area contributed by atoms with Crippen LogP contribution in [0.3, 0.4) is 0 Å². The molecule has 7 nitrogen and oxygen atoms in total. The third-order valence-electron chi connectivity index (χ3n) is 4.88. The SMILES string of the molecule is O=C(CCCc1nnc(-c2ccccc2)o1)Nc1ccc(N2CCCC2=O)c(F)c1. The second kappa shape index (κ2) is 8.86. The summed E-state index contributed by atoms with van der Waals surface area (Å²) in [5, 5.41) is 10.7. The van der Waals surface area contributed by atoms with Gasteiger partial charge in [-0.05, 0) is 43.2 Å². The molecule has 0 aliphatic carbocycles. The van der Waals surface area contributed by atoms with Crippen molar-refractivity contribution in [3.05, 3.63) is 60.2 Å². The lowest BCUT2D eigenvalue weighted by Gasteiger charge is -2.17. The molecule has 0 spiro atoms. The van der Waals surface area contributed by atoms with Crippen molar-refractivity contribution in [2.24, 2.45) is 0 Å². The predicted octanol–water partition coefficient (Wildman–Crippen LogP) is 3.96. The zero-order valence-electron chi connectivity index (χ0n) is 16.3. The first-order valence-electron chi connectivity index (χ1n) is 9.88. The van der Waals surface area contributed by atoms with Crippen LogP contribution in [0.1, 0.15) is 31.6 Å². The summed E-state index contributed by atoms with van der Waals surface area (Å²) in [6, 6.07) is 13.8. The van der Waals surface area contributed by atoms with E-state index in [0.717, 1.165) is 12.0 Å². The van der Waals surface area contributed by atoms with Crippen LogP contribution in [0.4, 0.5) is 15.8 Å². The number of benzene rings is 2. The number of rotatable bonds is 7. The Labute approximate surface area is 172 Å². The molecule has 1 N–H and O–H groups in total. The smallest absolute Gasteiger partial charge is 0.247 e. The van der Waals surface area contributed by atoms with Gasteiger partial charge in [0.1, 0.15) is 5.82 Å². The number of anilines is 2. The number of carbonyl (C=O) groups excluding carboxylic acids is 2. The molecule has 8 heteroatoms. The van der Waals surface area contributed by atoms with E-state index in [4.69, 9.17) is 4.42 Å². The maximum absolute atomic E-state index is 14.4. The first-order chi connectivity index (χ1) is 14.6. The average Bonchev–Trinajstić information content (AvgIpc) is 3.38. The summed E-state index contributed by atoms with van der Waals surface area (Å²) in [7, 11) is 0. The van der Waals surface area contributed by atoms with E-state index in [9.17, 15) is 14.0 Å². The highest BCUT2D eigenvalue weighted by Crippen LogP contribution is 2.27. The number of hydrogen-bond acceptors (Lipinski definition) is 5. The fourth-order valence-electron chi connectivity index (χ4n) is 3.38. The van der Waals surface area contributed by atoms with E-state index in [1.807, 2.05) is 30.3 Å². The summed E-state index contributed by atoms with van der Waals surface area (Å²) in [5.74, 6) is 0.0705. The van der Waals surface area contributed by atoms with Crippen molar-refractivity contribution in [1.29, 1.82) is 0 Å². The van der Waals surface area contributed by atoms with Gasteiger partial charge in [-0.25, -0.2) is 4.39 Å². The molecule has 1 aliphatic rings. The third kappa shape index (κ3) is 4.53. The molecule has 0 bridgehead atoms. The first-order valence-corrected chi connectivity index (χ1v) is 9.88. The molecule has 1 saturated heterocycles. The number of aromatic nitrogens is 2. The minimum Gasteiger partial charge on any atom is -0.421 e. The Hall–Kier alpha value is -3.55. The van der Waals surface area contributed by atoms with E-state index in [1.165, 1.54) is 17.0 Å². The number of halogens is 1. The lowest BCUT2D eigenvalue weighted by Crippen LogP contribution is -2.24. The molecule has 0 saturated carbocycles. The molecular weight excluding hydrogens is 387 g/mol. The molecule has 30 heavy (non-hydrogen) atoms. The highest BCUT2D eigenvalue weighted by molar-refractivity contribution is 5.96. The lowest BCUT2D eigenvalue weighted by atomic mass is 10.2. The van der Waals surface area contributed by atoms with Crippen molar-refractivity contribution >= 4 is 23.2 Å². The number of carbonyl (C=O) groups is 2. The number of nitrogens with zero attached hydrogens (tertiary/aromatic N) is 3. The summed E-state index contributed by atoms with van der Waals surface area (Å²) >= 11 is 0. The van der Waals surface area contributed by atoms with Gasteiger partial charge < -0.3 is 14.6 Å². The van der Waals surface area contributed by atoms with Crippen LogP contribution >= 0.6 is 0 Å². The molecule has 1 fully saturated rings. The van der Waals surface area contributed by atoms with E-state index in [1.54, 1.807) is 6.07 Å². The van der Waals surface area contributed by atoms with E-state index in [0.29, 0.717) is 43.3 Å². The normalized spacial score (nSPS) is 13.6. The Morgan fingerprint density at radius 1 is 1.17 bits per heavy atom. The van der Waals surface area contributed by atoms with Crippen molar-refractivity contribution in [3.8, 4) is 11.5 Å². The Balaban J connectivity index is 1.28. The topological polar surface area (TPSA) is 88.3 Å². The molecule has 3 aromatic rings. The second-order valence-electron chi connectivity index (χ2n) is 7.08. The molecule has 1 aliphatic heterocycles. The summed E-state index contributed by atoms with van der Waals surface area (Å²) in [6.45, 7) is 0.517. The highest BCUT2D eigenvalue weighted by Gasteiger charge is 2.24. The molecule has 2 heterocycles. The van der Waals surface area contributed by atoms with Crippen molar-refractivity contribution in [3.63, 3.8) is 0 Å². The second-order valence-corrected chi connectivity index (χ2v) is 7.08. The molecule has 2 aromatic carbocycles. The van der Waals surface area contributed by atoms with E-state index >= 15 is 0 Å². The monoisotopic (exact) mass is 408 g/mol. The minimum absolute atomic E-state index is 0.0814. The van der Waals surface area contributed by atoms with Gasteiger partial charge in [-0.1, -0.05) is 18.2 Å². The molecule has 0 radical (unpaired) electrons. The Kier molecular flexibility index (Phi) is 5.83. The number of hydrogen-bond donors (Lipinski definition) is 1. The summed E-state index contributed by atoms with van der Waals surface area (Å²) in [4.78, 5) is 25.4. The lowest BCUT2D eigenvalue weighted by molar-refractivity contribution is -0.117. The molecule has 2 amide bonds. The van der Waals surface area contributed by atoms with Crippen LogP contribution in [0.2, 0.25) is 0 Å². The van der Waals surface area contributed by atoms with E-state index in [-0.39, 0.29) is 23.9 Å². The van der Waals surface area contributed by atoms with Crippen LogP contribution in [0.25, 0.3) is 11.5 Å². The maximum Gasteiger partial charge on any atom is 0.247 e. The maximum atomic E-state index is 14.4. The largest absolute Gasteiger partial charge is 0.421 e. The van der Waals surface area contributed by atoms with Gasteiger partial charge in [0.05, 0.1) is 5.69 Å². The molecule has 154 valence electrons. The highest BCUT2D eigenvalue weighted by atomic mass is 19.1. The summed E-state index contributed by atoms with van der Waals surface area (Å²) in [6.07, 6.45) is 2.38. The van der Waals surface area contributed by atoms with Gasteiger partial charge in [-0.2, -0.15) is 0 Å². The van der Waals surface area contributed by atoms with Gasteiger partial charge in [-0.15, -0.1) is 10.2 Å². The van der Waals surface area contributed by atoms with Crippen LogP contribution in [-0.4, -0.2) is 28.6 Å². The van der Waals surface area contributed by atoms with Crippen LogP contribution in [0, 0.1) is 5.82 Å². The van der Waals surface area contributed by atoms with E-state index < -0.39 is 5.82 Å². The number of nitrogens with one attached hydrogen (secondary N) is 1. The fourth-order valence-corrected chi connectivity index (χ4v) is 3.38. The fraction of sp³-hybridized carbons (Fsp3) is 0.273. The van der Waals surface area contributed by atoms with Crippen molar-refractivity contribution in [2.75, 3.05) is 16.8 Å². The van der Waals surface area contributed by atoms with Gasteiger partial charge in [-0.3, -0.25) is 9.59 Å². The Bertz CT molecular complexity index is 1050. The zero-order chi connectivity index (χ0) is 20.9. The van der Waals surface area contributed by atoms with Gasteiger partial charge in [0, 0.05) is 37.1 Å². The quantitative estimate of drug-likeness (QED) is 0.639. The number of amides is 2.